The molecule has 10 nitrogen and oxygen atoms in total. The van der Waals surface area contributed by atoms with E-state index in [0.717, 1.165) is 10.6 Å². The average molecular weight is 322 g/mol. The molecule has 0 aromatic carbocycles. The second-order valence-corrected chi connectivity index (χ2v) is 6.31. The molecule has 2 heterocycles. The molecule has 1 aromatic heterocycles. The number of ether oxygens (including phenoxy) is 2. The topological polar surface area (TPSA) is 151 Å². The number of aliphatic hydroxyl groups excluding tert-OH is 1. The molecule has 0 spiro atoms. The van der Waals surface area contributed by atoms with Crippen LogP contribution in [0.25, 0.3) is 0 Å². The number of nitrogens with one attached hydrogen (secondary N) is 1. The fraction of sp³-hybridized carbons (Fsp3) is 0.600. The fourth-order valence-electron chi connectivity index (χ4n) is 1.92. The number of aliphatic hydroxyl groups is 1. The lowest BCUT2D eigenvalue weighted by Crippen LogP contribution is -2.38. The van der Waals surface area contributed by atoms with Crippen molar-refractivity contribution >= 4 is 7.60 Å². The summed E-state index contributed by atoms with van der Waals surface area (Å²) in [6.07, 6.45) is -2.34. The molecule has 1 aliphatic rings. The van der Waals surface area contributed by atoms with Gasteiger partial charge in [0.1, 0.15) is 12.2 Å². The summed E-state index contributed by atoms with van der Waals surface area (Å²) in [7, 11) is -4.17. The van der Waals surface area contributed by atoms with E-state index >= 15 is 0 Å². The van der Waals surface area contributed by atoms with E-state index < -0.39 is 43.4 Å². The number of hydrogen-bond donors (Lipinski definition) is 4. The maximum atomic E-state index is 11.6. The van der Waals surface area contributed by atoms with Gasteiger partial charge in [0, 0.05) is 12.3 Å². The number of hydrogen-bond acceptors (Lipinski definition) is 6. The molecular weight excluding hydrogens is 307 g/mol. The summed E-state index contributed by atoms with van der Waals surface area (Å²) in [5.74, 6) is 0. The summed E-state index contributed by atoms with van der Waals surface area (Å²) >= 11 is 0. The Balaban J connectivity index is 2.01. The fourth-order valence-corrected chi connectivity index (χ4v) is 2.26. The van der Waals surface area contributed by atoms with Gasteiger partial charge in [-0.3, -0.25) is 18.9 Å². The molecule has 2 rings (SSSR count). The largest absolute Gasteiger partial charge is 0.386 e. The second-order valence-electron chi connectivity index (χ2n) is 4.53. The molecule has 1 fully saturated rings. The molecular formula is C10H15N2O8P. The van der Waals surface area contributed by atoms with Crippen molar-refractivity contribution in [3.05, 3.63) is 33.1 Å². The van der Waals surface area contributed by atoms with Gasteiger partial charge >= 0.3 is 13.3 Å². The van der Waals surface area contributed by atoms with Gasteiger partial charge in [0.25, 0.3) is 5.56 Å². The molecule has 118 valence electrons. The van der Waals surface area contributed by atoms with Gasteiger partial charge in [0.05, 0.1) is 19.4 Å². The predicted octanol–water partition coefficient (Wildman–Crippen LogP) is -2.01. The third-order valence-corrected chi connectivity index (χ3v) is 3.71. The Morgan fingerprint density at radius 3 is 2.81 bits per heavy atom. The molecule has 3 atom stereocenters. The van der Waals surface area contributed by atoms with Crippen LogP contribution in [0.5, 0.6) is 0 Å². The van der Waals surface area contributed by atoms with Crippen LogP contribution in [0.2, 0.25) is 0 Å². The van der Waals surface area contributed by atoms with Gasteiger partial charge in [0.15, 0.2) is 6.23 Å². The van der Waals surface area contributed by atoms with Crippen LogP contribution in [-0.2, 0) is 14.0 Å². The van der Waals surface area contributed by atoms with Crippen LogP contribution in [0.1, 0.15) is 6.23 Å². The van der Waals surface area contributed by atoms with Crippen molar-refractivity contribution in [2.24, 2.45) is 0 Å². The quantitative estimate of drug-likeness (QED) is 0.454. The lowest BCUT2D eigenvalue weighted by molar-refractivity contribution is -0.0353. The first-order valence-electron chi connectivity index (χ1n) is 6.05. The highest BCUT2D eigenvalue weighted by molar-refractivity contribution is 7.51. The van der Waals surface area contributed by atoms with E-state index in [-0.39, 0.29) is 13.2 Å². The van der Waals surface area contributed by atoms with E-state index in [1.165, 1.54) is 6.20 Å². The van der Waals surface area contributed by atoms with Crippen molar-refractivity contribution in [2.45, 2.75) is 18.4 Å². The summed E-state index contributed by atoms with van der Waals surface area (Å²) < 4.78 is 22.1. The molecule has 1 saturated heterocycles. The lowest BCUT2D eigenvalue weighted by atomic mass is 10.2. The van der Waals surface area contributed by atoms with Crippen molar-refractivity contribution < 1.29 is 28.9 Å². The molecule has 1 aliphatic heterocycles. The zero-order valence-corrected chi connectivity index (χ0v) is 11.7. The van der Waals surface area contributed by atoms with Gasteiger partial charge in [-0.2, -0.15) is 0 Å². The van der Waals surface area contributed by atoms with Crippen LogP contribution in [0, 0.1) is 0 Å². The van der Waals surface area contributed by atoms with Crippen molar-refractivity contribution in [3.8, 4) is 0 Å². The third-order valence-electron chi connectivity index (χ3n) is 2.94. The zero-order valence-electron chi connectivity index (χ0n) is 10.8. The van der Waals surface area contributed by atoms with Crippen LogP contribution in [0.15, 0.2) is 21.9 Å². The summed E-state index contributed by atoms with van der Waals surface area (Å²) in [6.45, 7) is -0.291. The Bertz CT molecular complexity index is 649. The smallest absolute Gasteiger partial charge is 0.330 e. The first-order chi connectivity index (χ1) is 9.78. The number of rotatable bonds is 5. The van der Waals surface area contributed by atoms with Crippen LogP contribution in [-0.4, -0.2) is 56.0 Å². The first-order valence-corrected chi connectivity index (χ1v) is 7.85. The van der Waals surface area contributed by atoms with Crippen molar-refractivity contribution in [1.82, 2.24) is 9.55 Å². The number of H-pyrrole nitrogens is 1. The standard InChI is InChI=1S/C10H15N2O8P/c13-7-1-2-12(10(15)11-7)9-8(14)6(5-20-9)19-3-4-21(16,17)18/h1-2,6,8-9,14H,3-5H2,(H,11,13,15)(H2,16,17,18)/t6-,8+,9+/m0/s1. The summed E-state index contributed by atoms with van der Waals surface area (Å²) in [5.41, 5.74) is -1.31. The van der Waals surface area contributed by atoms with E-state index in [0.29, 0.717) is 0 Å². The van der Waals surface area contributed by atoms with E-state index in [1.54, 1.807) is 0 Å². The molecule has 11 heteroatoms. The molecule has 0 radical (unpaired) electrons. The third kappa shape index (κ3) is 4.10. The molecule has 0 saturated carbocycles. The Morgan fingerprint density at radius 1 is 1.48 bits per heavy atom. The zero-order chi connectivity index (χ0) is 15.6. The summed E-state index contributed by atoms with van der Waals surface area (Å²) in [4.78, 5) is 42.0. The monoisotopic (exact) mass is 322 g/mol. The van der Waals surface area contributed by atoms with Crippen LogP contribution >= 0.6 is 7.60 Å². The minimum atomic E-state index is -4.17. The van der Waals surface area contributed by atoms with Gasteiger partial charge in [-0.25, -0.2) is 4.79 Å². The minimum absolute atomic E-state index is 0.0431. The van der Waals surface area contributed by atoms with Gasteiger partial charge in [-0.05, 0) is 0 Å². The second kappa shape index (κ2) is 6.22. The van der Waals surface area contributed by atoms with E-state index in [9.17, 15) is 19.3 Å². The Kier molecular flexibility index (Phi) is 4.77. The van der Waals surface area contributed by atoms with Gasteiger partial charge < -0.3 is 24.4 Å². The van der Waals surface area contributed by atoms with Crippen LogP contribution in [0.4, 0.5) is 0 Å². The normalized spacial score (nSPS) is 26.1. The number of aromatic nitrogens is 2. The van der Waals surface area contributed by atoms with Gasteiger partial charge in [0.2, 0.25) is 0 Å². The molecule has 0 amide bonds. The summed E-state index contributed by atoms with van der Waals surface area (Å²) in [6, 6.07) is 1.11. The Hall–Kier alpha value is -1.29. The predicted molar refractivity (Wildman–Crippen MR) is 69.0 cm³/mol. The van der Waals surface area contributed by atoms with Gasteiger partial charge in [-0.1, -0.05) is 0 Å². The highest BCUT2D eigenvalue weighted by Gasteiger charge is 2.38. The SMILES string of the molecule is O=c1ccn([C@@H]2OC[C@H](OCCP(=O)(O)O)[C@H]2O)c(=O)[nH]1. The first kappa shape index (κ1) is 16.1. The maximum Gasteiger partial charge on any atom is 0.330 e. The maximum absolute atomic E-state index is 11.6. The molecule has 0 bridgehead atoms. The highest BCUT2D eigenvalue weighted by Crippen LogP contribution is 2.34. The van der Waals surface area contributed by atoms with Crippen molar-refractivity contribution in [3.63, 3.8) is 0 Å². The Labute approximate surface area is 118 Å². The van der Waals surface area contributed by atoms with Crippen molar-refractivity contribution in [2.75, 3.05) is 19.4 Å². The lowest BCUT2D eigenvalue weighted by Gasteiger charge is -2.19. The average Bonchev–Trinajstić information content (AvgIpc) is 2.70. The highest BCUT2D eigenvalue weighted by atomic mass is 31.2. The van der Waals surface area contributed by atoms with Crippen LogP contribution < -0.4 is 11.2 Å². The Morgan fingerprint density at radius 2 is 2.19 bits per heavy atom. The molecule has 4 N–H and O–H groups in total. The van der Waals surface area contributed by atoms with Crippen LogP contribution in [0.3, 0.4) is 0 Å². The molecule has 0 unspecified atom stereocenters. The molecule has 21 heavy (non-hydrogen) atoms. The van der Waals surface area contributed by atoms with E-state index in [2.05, 4.69) is 0 Å². The number of nitrogens with zero attached hydrogens (tertiary/aromatic N) is 1. The number of aromatic amines is 1. The molecule has 0 aliphatic carbocycles. The molecule has 1 aromatic rings. The minimum Gasteiger partial charge on any atom is -0.386 e. The van der Waals surface area contributed by atoms with Gasteiger partial charge in [-0.15, -0.1) is 0 Å². The summed E-state index contributed by atoms with van der Waals surface area (Å²) in [5, 5.41) is 10.0. The van der Waals surface area contributed by atoms with E-state index in [1.807, 2.05) is 4.98 Å². The van der Waals surface area contributed by atoms with Crippen molar-refractivity contribution in [1.29, 1.82) is 0 Å². The van der Waals surface area contributed by atoms with E-state index in [4.69, 9.17) is 19.3 Å².